The average Bonchev–Trinajstić information content (AvgIpc) is 2.70. The number of halogens is 3. The zero-order chi connectivity index (χ0) is 22.3. The van der Waals surface area contributed by atoms with Gasteiger partial charge < -0.3 is 15.0 Å². The van der Waals surface area contributed by atoms with E-state index in [2.05, 4.69) is 21.2 Å². The highest BCUT2D eigenvalue weighted by Gasteiger charge is 2.27. The molecule has 0 heterocycles. The van der Waals surface area contributed by atoms with E-state index in [1.54, 1.807) is 25.1 Å². The molecule has 30 heavy (non-hydrogen) atoms. The van der Waals surface area contributed by atoms with Crippen molar-refractivity contribution in [2.75, 3.05) is 6.61 Å². The first kappa shape index (κ1) is 24.5. The number of benzene rings is 2. The summed E-state index contributed by atoms with van der Waals surface area (Å²) in [6, 6.07) is 11.7. The summed E-state index contributed by atoms with van der Waals surface area (Å²) in [6.45, 7) is 5.64. The molecular weight excluding hydrogens is 491 g/mol. The van der Waals surface area contributed by atoms with Crippen LogP contribution in [0.3, 0.4) is 0 Å². The summed E-state index contributed by atoms with van der Waals surface area (Å²) in [5.41, 5.74) is 0.894. The number of hydrogen-bond acceptors (Lipinski definition) is 3. The highest BCUT2D eigenvalue weighted by Crippen LogP contribution is 2.27. The van der Waals surface area contributed by atoms with Crippen LogP contribution in [0.5, 0.6) is 5.75 Å². The van der Waals surface area contributed by atoms with E-state index in [0.29, 0.717) is 15.8 Å². The van der Waals surface area contributed by atoms with Crippen molar-refractivity contribution >= 4 is 50.9 Å². The molecule has 2 amide bonds. The van der Waals surface area contributed by atoms with Crippen LogP contribution in [0.15, 0.2) is 46.9 Å². The summed E-state index contributed by atoms with van der Waals surface area (Å²) in [7, 11) is 0. The van der Waals surface area contributed by atoms with E-state index in [1.165, 1.54) is 4.90 Å². The molecule has 2 aromatic rings. The fourth-order valence-corrected chi connectivity index (χ4v) is 3.60. The molecule has 0 aliphatic heterocycles. The number of nitrogens with zero attached hydrogens (tertiary/aromatic N) is 1. The van der Waals surface area contributed by atoms with Crippen LogP contribution in [-0.4, -0.2) is 35.4 Å². The van der Waals surface area contributed by atoms with Crippen LogP contribution in [-0.2, 0) is 16.1 Å². The van der Waals surface area contributed by atoms with Crippen LogP contribution in [0.1, 0.15) is 32.8 Å². The maximum atomic E-state index is 13.0. The minimum Gasteiger partial charge on any atom is -0.482 e. The minimum atomic E-state index is -0.672. The number of amides is 2. The smallest absolute Gasteiger partial charge is 0.261 e. The van der Waals surface area contributed by atoms with Crippen molar-refractivity contribution in [2.24, 2.45) is 0 Å². The minimum absolute atomic E-state index is 0.0203. The maximum Gasteiger partial charge on any atom is 0.261 e. The van der Waals surface area contributed by atoms with Crippen LogP contribution in [0, 0.1) is 0 Å². The fraction of sp³-hybridized carbons (Fsp3) is 0.364. The van der Waals surface area contributed by atoms with Crippen molar-refractivity contribution in [1.82, 2.24) is 10.2 Å². The zero-order valence-corrected chi connectivity index (χ0v) is 20.2. The molecule has 8 heteroatoms. The summed E-state index contributed by atoms with van der Waals surface area (Å²) in [5, 5.41) is 3.73. The second kappa shape index (κ2) is 11.6. The van der Waals surface area contributed by atoms with Crippen LogP contribution >= 0.6 is 39.1 Å². The number of nitrogens with one attached hydrogen (secondary N) is 1. The molecule has 2 atom stereocenters. The molecule has 2 rings (SSSR count). The van der Waals surface area contributed by atoms with E-state index in [4.69, 9.17) is 27.9 Å². The van der Waals surface area contributed by atoms with Crippen LogP contribution in [0.4, 0.5) is 0 Å². The number of rotatable bonds is 9. The predicted octanol–water partition coefficient (Wildman–Crippen LogP) is 5.47. The van der Waals surface area contributed by atoms with Crippen molar-refractivity contribution in [2.45, 2.75) is 45.8 Å². The lowest BCUT2D eigenvalue weighted by atomic mass is 10.1. The van der Waals surface area contributed by atoms with Crippen LogP contribution in [0.25, 0.3) is 0 Å². The lowest BCUT2D eigenvalue weighted by Crippen LogP contribution is -2.50. The Morgan fingerprint density at radius 2 is 1.90 bits per heavy atom. The highest BCUT2D eigenvalue weighted by atomic mass is 79.9. The van der Waals surface area contributed by atoms with E-state index in [1.807, 2.05) is 38.1 Å². The van der Waals surface area contributed by atoms with Crippen molar-refractivity contribution in [3.63, 3.8) is 0 Å². The van der Waals surface area contributed by atoms with E-state index < -0.39 is 6.04 Å². The molecule has 0 saturated heterocycles. The Labute approximate surface area is 195 Å². The van der Waals surface area contributed by atoms with Gasteiger partial charge in [0.25, 0.3) is 5.91 Å². The third-order valence-electron chi connectivity index (χ3n) is 4.66. The molecule has 0 fully saturated rings. The summed E-state index contributed by atoms with van der Waals surface area (Å²) < 4.78 is 6.50. The summed E-state index contributed by atoms with van der Waals surface area (Å²) >= 11 is 15.5. The van der Waals surface area contributed by atoms with E-state index >= 15 is 0 Å². The summed E-state index contributed by atoms with van der Waals surface area (Å²) in [4.78, 5) is 27.2. The first-order valence-corrected chi connectivity index (χ1v) is 11.2. The molecule has 0 aliphatic carbocycles. The largest absolute Gasteiger partial charge is 0.482 e. The zero-order valence-electron chi connectivity index (χ0n) is 17.1. The normalized spacial score (nSPS) is 12.7. The Balaban J connectivity index is 2.18. The maximum absolute atomic E-state index is 13.0. The van der Waals surface area contributed by atoms with Gasteiger partial charge in [0.1, 0.15) is 11.8 Å². The van der Waals surface area contributed by atoms with Gasteiger partial charge in [0.15, 0.2) is 6.61 Å². The fourth-order valence-electron chi connectivity index (χ4n) is 2.69. The number of ether oxygens (including phenoxy) is 1. The molecule has 0 saturated carbocycles. The molecule has 162 valence electrons. The highest BCUT2D eigenvalue weighted by molar-refractivity contribution is 9.10. The first-order valence-electron chi connectivity index (χ1n) is 9.63. The topological polar surface area (TPSA) is 58.6 Å². The van der Waals surface area contributed by atoms with Gasteiger partial charge in [0, 0.05) is 22.1 Å². The molecule has 1 N–H and O–H groups in total. The Hall–Kier alpha value is -1.76. The van der Waals surface area contributed by atoms with Gasteiger partial charge in [-0.3, -0.25) is 9.59 Å². The molecule has 0 aliphatic rings. The molecule has 0 unspecified atom stereocenters. The molecular formula is C22H25BrCl2N2O3. The standard InChI is InChI=1S/C22H25BrCl2N2O3/c1-4-14(2)26-22(29)15(3)27(12-16-6-5-7-17(23)10-16)21(28)13-30-20-9-8-18(24)11-19(20)25/h5-11,14-15H,4,12-13H2,1-3H3,(H,26,29)/t14-,15+/m1/s1. The second-order valence-corrected chi connectivity index (χ2v) is 8.77. The SMILES string of the molecule is CC[C@@H](C)NC(=O)[C@H](C)N(Cc1cccc(Br)c1)C(=O)COc1ccc(Cl)cc1Cl. The quantitative estimate of drug-likeness (QED) is 0.482. The van der Waals surface area contributed by atoms with Crippen LogP contribution in [0.2, 0.25) is 10.0 Å². The van der Waals surface area contributed by atoms with Gasteiger partial charge in [-0.15, -0.1) is 0 Å². The number of carbonyl (C=O) groups is 2. The third-order valence-corrected chi connectivity index (χ3v) is 5.68. The summed E-state index contributed by atoms with van der Waals surface area (Å²) in [6.07, 6.45) is 0.802. The van der Waals surface area contributed by atoms with E-state index in [-0.39, 0.29) is 31.0 Å². The number of carbonyl (C=O) groups excluding carboxylic acids is 2. The molecule has 0 spiro atoms. The first-order chi connectivity index (χ1) is 14.2. The van der Waals surface area contributed by atoms with Gasteiger partial charge in [0.2, 0.25) is 5.91 Å². The van der Waals surface area contributed by atoms with Gasteiger partial charge >= 0.3 is 0 Å². The number of hydrogen-bond donors (Lipinski definition) is 1. The molecule has 5 nitrogen and oxygen atoms in total. The van der Waals surface area contributed by atoms with Crippen molar-refractivity contribution < 1.29 is 14.3 Å². The van der Waals surface area contributed by atoms with Gasteiger partial charge in [0.05, 0.1) is 5.02 Å². The van der Waals surface area contributed by atoms with Crippen molar-refractivity contribution in [3.05, 3.63) is 62.5 Å². The van der Waals surface area contributed by atoms with E-state index in [0.717, 1.165) is 16.5 Å². The van der Waals surface area contributed by atoms with Crippen molar-refractivity contribution in [1.29, 1.82) is 0 Å². The third kappa shape index (κ3) is 7.18. The van der Waals surface area contributed by atoms with Gasteiger partial charge in [-0.25, -0.2) is 0 Å². The second-order valence-electron chi connectivity index (χ2n) is 7.01. The van der Waals surface area contributed by atoms with E-state index in [9.17, 15) is 9.59 Å². The van der Waals surface area contributed by atoms with Crippen molar-refractivity contribution in [3.8, 4) is 5.75 Å². The lowest BCUT2D eigenvalue weighted by Gasteiger charge is -2.29. The van der Waals surface area contributed by atoms with Gasteiger partial charge in [-0.1, -0.05) is 58.2 Å². The van der Waals surface area contributed by atoms with Gasteiger partial charge in [-0.05, 0) is 56.2 Å². The lowest BCUT2D eigenvalue weighted by molar-refractivity contribution is -0.142. The molecule has 0 bridgehead atoms. The molecule has 0 radical (unpaired) electrons. The molecule has 0 aromatic heterocycles. The Bertz CT molecular complexity index is 894. The summed E-state index contributed by atoms with van der Waals surface area (Å²) in [5.74, 6) is -0.182. The molecule has 2 aromatic carbocycles. The Morgan fingerprint density at radius 1 is 1.17 bits per heavy atom. The monoisotopic (exact) mass is 514 g/mol. The van der Waals surface area contributed by atoms with Gasteiger partial charge in [-0.2, -0.15) is 0 Å². The Morgan fingerprint density at radius 3 is 2.53 bits per heavy atom. The van der Waals surface area contributed by atoms with Crippen LogP contribution < -0.4 is 10.1 Å². The Kier molecular flexibility index (Phi) is 9.46. The predicted molar refractivity (Wildman–Crippen MR) is 124 cm³/mol. The average molecular weight is 516 g/mol.